The van der Waals surface area contributed by atoms with Gasteiger partial charge in [0.1, 0.15) is 0 Å². The topological polar surface area (TPSA) is 48.6 Å². The maximum Gasteiger partial charge on any atom is 0.252 e. The monoisotopic (exact) mass is 509 g/mol. The fourth-order valence-corrected chi connectivity index (χ4v) is 6.65. The summed E-state index contributed by atoms with van der Waals surface area (Å²) in [5, 5.41) is 4.29. The van der Waals surface area contributed by atoms with E-state index in [1.165, 1.54) is 0 Å². The predicted molar refractivity (Wildman–Crippen MR) is 136 cm³/mol. The van der Waals surface area contributed by atoms with Gasteiger partial charge in [-0.3, -0.25) is 9.80 Å². The Balaban J connectivity index is 1.20. The molecule has 0 N–H and O–H groups in total. The van der Waals surface area contributed by atoms with Gasteiger partial charge in [0, 0.05) is 81.4 Å². The number of rotatable bonds is 6. The van der Waals surface area contributed by atoms with Crippen LogP contribution >= 0.6 is 12.2 Å². The van der Waals surface area contributed by atoms with Crippen molar-refractivity contribution >= 4 is 17.2 Å². The molecule has 2 saturated carbocycles. The van der Waals surface area contributed by atoms with Crippen LogP contribution in [0.15, 0.2) is 4.52 Å². The van der Waals surface area contributed by atoms with Gasteiger partial charge >= 0.3 is 0 Å². The summed E-state index contributed by atoms with van der Waals surface area (Å²) in [5.41, 5.74) is -0.143. The Kier molecular flexibility index (Phi) is 7.23. The third-order valence-electron chi connectivity index (χ3n) is 9.09. The minimum absolute atomic E-state index is 0.0119. The molecular formula is C26H41F2N5OS. The molecule has 4 fully saturated rings. The zero-order valence-electron chi connectivity index (χ0n) is 21.5. The molecule has 0 bridgehead atoms. The average molecular weight is 510 g/mol. The molecule has 0 radical (unpaired) electrons. The highest BCUT2D eigenvalue weighted by molar-refractivity contribution is 7.80. The second-order valence-corrected chi connectivity index (χ2v) is 12.3. The second-order valence-electron chi connectivity index (χ2n) is 11.9. The number of aromatic nitrogens is 2. The van der Waals surface area contributed by atoms with Gasteiger partial charge in [-0.1, -0.05) is 24.3 Å². The Bertz CT molecular complexity index is 888. The molecule has 2 atom stereocenters. The van der Waals surface area contributed by atoms with Gasteiger partial charge in [0.15, 0.2) is 5.82 Å². The van der Waals surface area contributed by atoms with Gasteiger partial charge in [0.05, 0.1) is 4.99 Å². The van der Waals surface area contributed by atoms with E-state index in [0.717, 1.165) is 83.1 Å². The molecule has 9 heteroatoms. The quantitative estimate of drug-likeness (QED) is 0.508. The fourth-order valence-electron chi connectivity index (χ4n) is 6.29. The molecule has 1 aromatic heterocycles. The van der Waals surface area contributed by atoms with Crippen LogP contribution in [0.4, 0.5) is 8.78 Å². The first-order chi connectivity index (χ1) is 16.7. The number of hydrogen-bond donors (Lipinski definition) is 0. The van der Waals surface area contributed by atoms with Gasteiger partial charge < -0.3 is 9.42 Å². The number of thiocarbonyl (C=S) groups is 1. The smallest absolute Gasteiger partial charge is 0.252 e. The Morgan fingerprint density at radius 1 is 1.06 bits per heavy atom. The average Bonchev–Trinajstić information content (AvgIpc) is 3.56. The van der Waals surface area contributed by atoms with E-state index < -0.39 is 11.8 Å². The van der Waals surface area contributed by atoms with Crippen molar-refractivity contribution in [1.82, 2.24) is 24.8 Å². The standard InChI is InChI=1S/C26H41F2N5OS/c1-18(2)31-13-15-32(16-14-31)21-5-4-8-26(27,28)20(21)17-22(35)33-11-9-25(3,10-12-33)24-29-23(34-30-24)19-6-7-19/h18-21H,4-17H2,1-3H3/t20-,21+/m1/s1. The van der Waals surface area contributed by atoms with Crippen LogP contribution in [0, 0.1) is 5.92 Å². The molecule has 2 saturated heterocycles. The van der Waals surface area contributed by atoms with E-state index >= 15 is 8.78 Å². The van der Waals surface area contributed by atoms with Crippen LogP contribution in [-0.4, -0.2) is 87.1 Å². The molecular weight excluding hydrogens is 468 g/mol. The van der Waals surface area contributed by atoms with E-state index in [1.54, 1.807) is 0 Å². The summed E-state index contributed by atoms with van der Waals surface area (Å²) >= 11 is 5.82. The highest BCUT2D eigenvalue weighted by Crippen LogP contribution is 2.44. The first kappa shape index (κ1) is 25.5. The molecule has 4 aliphatic rings. The minimum atomic E-state index is -2.66. The van der Waals surface area contributed by atoms with Crippen LogP contribution in [0.5, 0.6) is 0 Å². The van der Waals surface area contributed by atoms with Gasteiger partial charge in [-0.2, -0.15) is 4.98 Å². The molecule has 35 heavy (non-hydrogen) atoms. The lowest BCUT2D eigenvalue weighted by molar-refractivity contribution is -0.121. The number of likely N-dealkylation sites (tertiary alicyclic amines) is 1. The van der Waals surface area contributed by atoms with Gasteiger partial charge in [0.2, 0.25) is 5.89 Å². The van der Waals surface area contributed by atoms with Gasteiger partial charge in [-0.25, -0.2) is 8.78 Å². The third-order valence-corrected chi connectivity index (χ3v) is 9.51. The molecule has 196 valence electrons. The Morgan fingerprint density at radius 3 is 2.37 bits per heavy atom. The molecule has 0 amide bonds. The molecule has 3 heterocycles. The summed E-state index contributed by atoms with van der Waals surface area (Å²) in [6, 6.07) is 0.423. The normalized spacial score (nSPS) is 30.1. The van der Waals surface area contributed by atoms with Crippen LogP contribution in [0.25, 0.3) is 0 Å². The predicted octanol–water partition coefficient (Wildman–Crippen LogP) is 4.85. The zero-order valence-corrected chi connectivity index (χ0v) is 22.3. The highest BCUT2D eigenvalue weighted by atomic mass is 32.1. The van der Waals surface area contributed by atoms with Gasteiger partial charge in [-0.15, -0.1) is 0 Å². The van der Waals surface area contributed by atoms with Crippen molar-refractivity contribution in [3.05, 3.63) is 11.7 Å². The summed E-state index contributed by atoms with van der Waals surface area (Å²) < 4.78 is 36.1. The number of halogens is 2. The third kappa shape index (κ3) is 5.42. The number of nitrogens with zero attached hydrogens (tertiary/aromatic N) is 5. The van der Waals surface area contributed by atoms with E-state index in [9.17, 15) is 0 Å². The lowest BCUT2D eigenvalue weighted by Crippen LogP contribution is -2.58. The van der Waals surface area contributed by atoms with Crippen molar-refractivity contribution < 1.29 is 13.3 Å². The van der Waals surface area contributed by atoms with Crippen molar-refractivity contribution in [3.8, 4) is 0 Å². The van der Waals surface area contributed by atoms with Crippen LogP contribution in [0.1, 0.15) is 89.8 Å². The summed E-state index contributed by atoms with van der Waals surface area (Å²) in [6.07, 6.45) is 5.74. The summed E-state index contributed by atoms with van der Waals surface area (Å²) in [6.45, 7) is 11.8. The van der Waals surface area contributed by atoms with E-state index in [-0.39, 0.29) is 17.9 Å². The van der Waals surface area contributed by atoms with Crippen molar-refractivity contribution in [2.45, 2.75) is 101 Å². The van der Waals surface area contributed by atoms with Gasteiger partial charge in [-0.05, 0) is 52.4 Å². The Morgan fingerprint density at radius 2 is 1.74 bits per heavy atom. The molecule has 2 aliphatic carbocycles. The molecule has 0 unspecified atom stereocenters. The number of alkyl halides is 2. The van der Waals surface area contributed by atoms with Crippen LogP contribution in [-0.2, 0) is 5.41 Å². The van der Waals surface area contributed by atoms with Crippen molar-refractivity contribution in [1.29, 1.82) is 0 Å². The van der Waals surface area contributed by atoms with Gasteiger partial charge in [0.25, 0.3) is 5.92 Å². The zero-order chi connectivity index (χ0) is 24.8. The first-order valence-corrected chi connectivity index (χ1v) is 14.0. The number of hydrogen-bond acceptors (Lipinski definition) is 6. The van der Waals surface area contributed by atoms with Crippen molar-refractivity contribution in [3.63, 3.8) is 0 Å². The second kappa shape index (κ2) is 9.93. The molecule has 5 rings (SSSR count). The van der Waals surface area contributed by atoms with Crippen molar-refractivity contribution in [2.24, 2.45) is 5.92 Å². The van der Waals surface area contributed by atoms with Crippen molar-refractivity contribution in [2.75, 3.05) is 39.3 Å². The lowest BCUT2D eigenvalue weighted by atomic mass is 9.77. The van der Waals surface area contributed by atoms with E-state index in [4.69, 9.17) is 21.7 Å². The fraction of sp³-hybridized carbons (Fsp3) is 0.885. The summed E-state index contributed by atoms with van der Waals surface area (Å²) in [7, 11) is 0. The van der Waals surface area contributed by atoms with Crippen LogP contribution in [0.3, 0.4) is 0 Å². The minimum Gasteiger partial charge on any atom is -0.366 e. The first-order valence-electron chi connectivity index (χ1n) is 13.6. The largest absolute Gasteiger partial charge is 0.366 e. The molecule has 6 nitrogen and oxygen atoms in total. The van der Waals surface area contributed by atoms with E-state index in [0.29, 0.717) is 29.8 Å². The molecule has 2 aliphatic heterocycles. The lowest BCUT2D eigenvalue weighted by Gasteiger charge is -2.48. The summed E-state index contributed by atoms with van der Waals surface area (Å²) in [5.74, 6) is -1.33. The summed E-state index contributed by atoms with van der Waals surface area (Å²) in [4.78, 5) is 12.3. The Hall–Kier alpha value is -1.19. The van der Waals surface area contributed by atoms with Crippen LogP contribution < -0.4 is 0 Å². The maximum atomic E-state index is 15.3. The SMILES string of the molecule is CC(C)N1CCN([C@H]2CCCC(F)(F)[C@@H]2CC(=S)N2CCC(C)(c3noc(C4CC4)n3)CC2)CC1. The Labute approximate surface area is 213 Å². The highest BCUT2D eigenvalue weighted by Gasteiger charge is 2.50. The van der Waals surface area contributed by atoms with E-state index in [1.807, 2.05) is 0 Å². The van der Waals surface area contributed by atoms with Crippen LogP contribution in [0.2, 0.25) is 0 Å². The number of piperazine rings is 1. The molecule has 1 aromatic rings. The maximum absolute atomic E-state index is 15.3. The number of piperidine rings is 1. The molecule has 0 spiro atoms. The van der Waals surface area contributed by atoms with E-state index in [2.05, 4.69) is 40.6 Å². The molecule has 0 aromatic carbocycles.